The largest absolute Gasteiger partial charge is 0.490 e. The lowest BCUT2D eigenvalue weighted by molar-refractivity contribution is -0.125. The van der Waals surface area contributed by atoms with Crippen molar-refractivity contribution in [3.63, 3.8) is 0 Å². The van der Waals surface area contributed by atoms with Crippen molar-refractivity contribution in [1.82, 2.24) is 10.6 Å². The Morgan fingerprint density at radius 3 is 2.44 bits per heavy atom. The molecule has 2 amide bonds. The predicted molar refractivity (Wildman–Crippen MR) is 102 cm³/mol. The Balaban J connectivity index is 0.00000576. The predicted octanol–water partition coefficient (Wildman–Crippen LogP) is 1.92. The van der Waals surface area contributed by atoms with E-state index in [0.717, 1.165) is 23.3 Å². The fourth-order valence-corrected chi connectivity index (χ4v) is 2.35. The summed E-state index contributed by atoms with van der Waals surface area (Å²) in [6, 6.07) is 5.91. The molecule has 0 heterocycles. The summed E-state index contributed by atoms with van der Waals surface area (Å²) in [5.74, 6) is 0.721. The van der Waals surface area contributed by atoms with Crippen LogP contribution in [0.25, 0.3) is 0 Å². The third kappa shape index (κ3) is 9.31. The normalized spacial score (nSPS) is 11.4. The zero-order valence-electron chi connectivity index (χ0n) is 15.4. The average Bonchev–Trinajstić information content (AvgIpc) is 2.50. The van der Waals surface area contributed by atoms with Crippen LogP contribution in [-0.4, -0.2) is 31.0 Å². The second-order valence-electron chi connectivity index (χ2n) is 6.43. The SMILES string of the molecule is Cc1ccc(CNC(=O)CNC(=O)CN)c(OC(C)CC(C)C)c1.Cl. The summed E-state index contributed by atoms with van der Waals surface area (Å²) in [5, 5.41) is 5.22. The van der Waals surface area contributed by atoms with Gasteiger partial charge in [0.15, 0.2) is 0 Å². The monoisotopic (exact) mass is 371 g/mol. The molecule has 142 valence electrons. The van der Waals surface area contributed by atoms with Crippen molar-refractivity contribution in [2.24, 2.45) is 11.7 Å². The molecule has 1 atom stereocenters. The van der Waals surface area contributed by atoms with Crippen LogP contribution in [0.15, 0.2) is 18.2 Å². The van der Waals surface area contributed by atoms with Crippen LogP contribution in [0.5, 0.6) is 5.75 Å². The molecule has 1 aromatic carbocycles. The highest BCUT2D eigenvalue weighted by molar-refractivity contribution is 5.85. The van der Waals surface area contributed by atoms with E-state index in [1.807, 2.05) is 32.0 Å². The quantitative estimate of drug-likeness (QED) is 0.618. The fraction of sp³-hybridized carbons (Fsp3) is 0.556. The van der Waals surface area contributed by atoms with Gasteiger partial charge in [-0.1, -0.05) is 26.0 Å². The minimum absolute atomic E-state index is 0. The molecule has 0 fully saturated rings. The van der Waals surface area contributed by atoms with Crippen molar-refractivity contribution in [2.45, 2.75) is 46.8 Å². The molecule has 0 spiro atoms. The second kappa shape index (κ2) is 11.7. The molecule has 0 aliphatic carbocycles. The number of ether oxygens (including phenoxy) is 1. The van der Waals surface area contributed by atoms with Crippen LogP contribution in [0.1, 0.15) is 38.3 Å². The van der Waals surface area contributed by atoms with Gasteiger partial charge in [-0.15, -0.1) is 12.4 Å². The first-order valence-corrected chi connectivity index (χ1v) is 8.31. The maximum atomic E-state index is 11.8. The molecule has 0 aliphatic heterocycles. The molecule has 0 bridgehead atoms. The summed E-state index contributed by atoms with van der Waals surface area (Å²) in [7, 11) is 0. The van der Waals surface area contributed by atoms with Gasteiger partial charge in [0.2, 0.25) is 11.8 Å². The topological polar surface area (TPSA) is 93.5 Å². The van der Waals surface area contributed by atoms with Crippen molar-refractivity contribution in [3.05, 3.63) is 29.3 Å². The number of nitrogens with one attached hydrogen (secondary N) is 2. The highest BCUT2D eigenvalue weighted by Gasteiger charge is 2.12. The molecule has 0 saturated heterocycles. The number of benzene rings is 1. The Morgan fingerprint density at radius 2 is 1.84 bits per heavy atom. The number of carbonyl (C=O) groups is 2. The highest BCUT2D eigenvalue weighted by Crippen LogP contribution is 2.23. The van der Waals surface area contributed by atoms with Crippen LogP contribution in [0.3, 0.4) is 0 Å². The summed E-state index contributed by atoms with van der Waals surface area (Å²) in [6.07, 6.45) is 1.07. The molecular formula is C18H30ClN3O3. The van der Waals surface area contributed by atoms with Gasteiger partial charge in [0.25, 0.3) is 0 Å². The van der Waals surface area contributed by atoms with Gasteiger partial charge in [0.1, 0.15) is 5.75 Å². The standard InChI is InChI=1S/C18H29N3O3.ClH/c1-12(2)7-14(4)24-16-8-13(3)5-6-15(16)10-20-18(23)11-21-17(22)9-19;/h5-6,8,12,14H,7,9-11,19H2,1-4H3,(H,20,23)(H,21,22);1H. The van der Waals surface area contributed by atoms with Gasteiger partial charge in [-0.2, -0.15) is 0 Å². The van der Waals surface area contributed by atoms with Crippen molar-refractivity contribution < 1.29 is 14.3 Å². The number of rotatable bonds is 9. The van der Waals surface area contributed by atoms with E-state index in [1.165, 1.54) is 0 Å². The van der Waals surface area contributed by atoms with E-state index < -0.39 is 0 Å². The van der Waals surface area contributed by atoms with Gasteiger partial charge >= 0.3 is 0 Å². The van der Waals surface area contributed by atoms with E-state index in [9.17, 15) is 9.59 Å². The number of nitrogens with two attached hydrogens (primary N) is 1. The molecule has 0 aromatic heterocycles. The van der Waals surface area contributed by atoms with E-state index in [4.69, 9.17) is 10.5 Å². The smallest absolute Gasteiger partial charge is 0.239 e. The van der Waals surface area contributed by atoms with Crippen LogP contribution in [0, 0.1) is 12.8 Å². The first-order chi connectivity index (χ1) is 11.3. The molecule has 0 radical (unpaired) electrons. The number of halogens is 1. The molecule has 1 rings (SSSR count). The fourth-order valence-electron chi connectivity index (χ4n) is 2.35. The first kappa shape index (κ1) is 23.2. The van der Waals surface area contributed by atoms with Crippen LogP contribution < -0.4 is 21.1 Å². The molecule has 1 unspecified atom stereocenters. The molecule has 0 aliphatic rings. The summed E-state index contributed by atoms with van der Waals surface area (Å²) in [6.45, 7) is 8.51. The number of carbonyl (C=O) groups excluding carboxylic acids is 2. The van der Waals surface area contributed by atoms with Gasteiger partial charge in [-0.3, -0.25) is 9.59 Å². The summed E-state index contributed by atoms with van der Waals surface area (Å²) in [5.41, 5.74) is 7.19. The van der Waals surface area contributed by atoms with Crippen molar-refractivity contribution in [2.75, 3.05) is 13.1 Å². The Bertz CT molecular complexity index is 564. The minimum Gasteiger partial charge on any atom is -0.490 e. The molecule has 7 heteroatoms. The van der Waals surface area contributed by atoms with Crippen LogP contribution in [-0.2, 0) is 16.1 Å². The molecule has 4 N–H and O–H groups in total. The van der Waals surface area contributed by atoms with Gasteiger partial charge in [-0.25, -0.2) is 0 Å². The van der Waals surface area contributed by atoms with Gasteiger partial charge in [0, 0.05) is 12.1 Å². The third-order valence-corrected chi connectivity index (χ3v) is 3.46. The lowest BCUT2D eigenvalue weighted by Gasteiger charge is -2.20. The first-order valence-electron chi connectivity index (χ1n) is 8.31. The maximum Gasteiger partial charge on any atom is 0.239 e. The van der Waals surface area contributed by atoms with E-state index in [0.29, 0.717) is 12.5 Å². The molecule has 1 aromatic rings. The zero-order chi connectivity index (χ0) is 18.1. The van der Waals surface area contributed by atoms with Crippen molar-refractivity contribution in [1.29, 1.82) is 0 Å². The summed E-state index contributed by atoms with van der Waals surface area (Å²) in [4.78, 5) is 22.8. The van der Waals surface area contributed by atoms with E-state index >= 15 is 0 Å². The Labute approximate surface area is 156 Å². The van der Waals surface area contributed by atoms with Crippen LogP contribution in [0.2, 0.25) is 0 Å². The maximum absolute atomic E-state index is 11.8. The third-order valence-electron chi connectivity index (χ3n) is 3.46. The minimum atomic E-state index is -0.355. The second-order valence-corrected chi connectivity index (χ2v) is 6.43. The van der Waals surface area contributed by atoms with E-state index in [-0.39, 0.29) is 43.4 Å². The number of aryl methyl sites for hydroxylation is 1. The Hall–Kier alpha value is -1.79. The molecule has 25 heavy (non-hydrogen) atoms. The number of hydrogen-bond donors (Lipinski definition) is 3. The van der Waals surface area contributed by atoms with Crippen molar-refractivity contribution >= 4 is 24.2 Å². The lowest BCUT2D eigenvalue weighted by Crippen LogP contribution is -2.39. The zero-order valence-corrected chi connectivity index (χ0v) is 16.2. The van der Waals surface area contributed by atoms with E-state index in [2.05, 4.69) is 24.5 Å². The highest BCUT2D eigenvalue weighted by atomic mass is 35.5. The van der Waals surface area contributed by atoms with Gasteiger partial charge in [0.05, 0.1) is 19.2 Å². The van der Waals surface area contributed by atoms with Crippen LogP contribution >= 0.6 is 12.4 Å². The van der Waals surface area contributed by atoms with E-state index in [1.54, 1.807) is 0 Å². The van der Waals surface area contributed by atoms with Crippen LogP contribution in [0.4, 0.5) is 0 Å². The molecule has 6 nitrogen and oxygen atoms in total. The Morgan fingerprint density at radius 1 is 1.16 bits per heavy atom. The lowest BCUT2D eigenvalue weighted by atomic mass is 10.1. The van der Waals surface area contributed by atoms with Gasteiger partial charge in [-0.05, 0) is 37.8 Å². The summed E-state index contributed by atoms with van der Waals surface area (Å²) >= 11 is 0. The molecular weight excluding hydrogens is 342 g/mol. The number of amides is 2. The number of hydrogen-bond acceptors (Lipinski definition) is 4. The molecule has 0 saturated carbocycles. The average molecular weight is 372 g/mol. The summed E-state index contributed by atoms with van der Waals surface area (Å²) < 4.78 is 6.05. The van der Waals surface area contributed by atoms with Gasteiger partial charge < -0.3 is 21.1 Å². The Kier molecular flexibility index (Phi) is 10.9. The van der Waals surface area contributed by atoms with Crippen molar-refractivity contribution in [3.8, 4) is 5.75 Å².